The molecule has 1 rings (SSSR count). The monoisotopic (exact) mass is 244 g/mol. The number of aryl methyl sites for hydroxylation is 1. The Balaban J connectivity index is 2.50. The third-order valence-corrected chi connectivity index (χ3v) is 3.28. The number of amides is 1. The SMILES string of the molecule is CCC(C#N)(CC)NC(=O)CCc1ccccc1. The first kappa shape index (κ1) is 14.2. The van der Waals surface area contributed by atoms with Gasteiger partial charge in [-0.05, 0) is 24.8 Å². The molecule has 0 unspecified atom stereocenters. The Bertz CT molecular complexity index is 416. The molecule has 3 heteroatoms. The van der Waals surface area contributed by atoms with Gasteiger partial charge in [0.25, 0.3) is 0 Å². The van der Waals surface area contributed by atoms with Crippen LogP contribution < -0.4 is 5.32 Å². The molecule has 0 aliphatic carbocycles. The molecule has 0 aliphatic heterocycles. The van der Waals surface area contributed by atoms with Gasteiger partial charge in [-0.15, -0.1) is 0 Å². The summed E-state index contributed by atoms with van der Waals surface area (Å²) >= 11 is 0. The number of nitrogens with one attached hydrogen (secondary N) is 1. The van der Waals surface area contributed by atoms with Crippen LogP contribution in [0.4, 0.5) is 0 Å². The van der Waals surface area contributed by atoms with E-state index in [0.717, 1.165) is 5.56 Å². The molecule has 3 nitrogen and oxygen atoms in total. The Kier molecular flexibility index (Phi) is 5.38. The average molecular weight is 244 g/mol. The van der Waals surface area contributed by atoms with Crippen molar-refractivity contribution in [1.29, 1.82) is 5.26 Å². The largest absolute Gasteiger partial charge is 0.338 e. The van der Waals surface area contributed by atoms with Crippen LogP contribution >= 0.6 is 0 Å². The highest BCUT2D eigenvalue weighted by atomic mass is 16.1. The molecule has 0 radical (unpaired) electrons. The summed E-state index contributed by atoms with van der Waals surface area (Å²) in [5, 5.41) is 12.0. The number of nitriles is 1. The Hall–Kier alpha value is -1.82. The molecule has 0 fully saturated rings. The number of benzene rings is 1. The van der Waals surface area contributed by atoms with Crippen LogP contribution in [0, 0.1) is 11.3 Å². The smallest absolute Gasteiger partial charge is 0.221 e. The molecule has 1 N–H and O–H groups in total. The van der Waals surface area contributed by atoms with Gasteiger partial charge in [-0.3, -0.25) is 4.79 Å². The fourth-order valence-electron chi connectivity index (χ4n) is 1.84. The van der Waals surface area contributed by atoms with Crippen molar-refractivity contribution in [3.8, 4) is 6.07 Å². The Morgan fingerprint density at radius 3 is 2.39 bits per heavy atom. The average Bonchev–Trinajstić information content (AvgIpc) is 2.44. The van der Waals surface area contributed by atoms with E-state index in [2.05, 4.69) is 11.4 Å². The molecule has 0 spiro atoms. The second-order valence-corrected chi connectivity index (χ2v) is 4.43. The van der Waals surface area contributed by atoms with Crippen molar-refractivity contribution in [3.05, 3.63) is 35.9 Å². The second kappa shape index (κ2) is 6.80. The van der Waals surface area contributed by atoms with Crippen molar-refractivity contribution in [1.82, 2.24) is 5.32 Å². The first-order chi connectivity index (χ1) is 8.65. The van der Waals surface area contributed by atoms with Crippen molar-refractivity contribution in [2.24, 2.45) is 0 Å². The minimum Gasteiger partial charge on any atom is -0.338 e. The molecule has 96 valence electrons. The predicted molar refractivity (Wildman–Crippen MR) is 71.8 cm³/mol. The molecule has 1 aromatic carbocycles. The molecule has 1 amide bonds. The molecular weight excluding hydrogens is 224 g/mol. The number of hydrogen-bond donors (Lipinski definition) is 1. The third kappa shape index (κ3) is 3.89. The van der Waals surface area contributed by atoms with E-state index in [1.807, 2.05) is 44.2 Å². The van der Waals surface area contributed by atoms with Crippen molar-refractivity contribution in [2.75, 3.05) is 0 Å². The molecule has 0 aliphatic rings. The van der Waals surface area contributed by atoms with Gasteiger partial charge in [-0.1, -0.05) is 44.2 Å². The molecule has 18 heavy (non-hydrogen) atoms. The first-order valence-electron chi connectivity index (χ1n) is 6.42. The third-order valence-electron chi connectivity index (χ3n) is 3.28. The zero-order valence-electron chi connectivity index (χ0n) is 11.1. The summed E-state index contributed by atoms with van der Waals surface area (Å²) in [4.78, 5) is 11.8. The lowest BCUT2D eigenvalue weighted by Crippen LogP contribution is -2.46. The van der Waals surface area contributed by atoms with Gasteiger partial charge in [0, 0.05) is 6.42 Å². The number of nitrogens with zero attached hydrogens (tertiary/aromatic N) is 1. The van der Waals surface area contributed by atoms with E-state index in [1.165, 1.54) is 0 Å². The lowest BCUT2D eigenvalue weighted by molar-refractivity contribution is -0.122. The van der Waals surface area contributed by atoms with E-state index in [4.69, 9.17) is 5.26 Å². The zero-order chi connectivity index (χ0) is 13.4. The minimum absolute atomic E-state index is 0.0518. The summed E-state index contributed by atoms with van der Waals surface area (Å²) in [7, 11) is 0. The fraction of sp³-hybridized carbons (Fsp3) is 0.467. The quantitative estimate of drug-likeness (QED) is 0.836. The van der Waals surface area contributed by atoms with Crippen LogP contribution in [0.2, 0.25) is 0 Å². The molecule has 0 saturated carbocycles. The van der Waals surface area contributed by atoms with Gasteiger partial charge in [0.1, 0.15) is 5.54 Å². The van der Waals surface area contributed by atoms with E-state index < -0.39 is 5.54 Å². The summed E-state index contributed by atoms with van der Waals surface area (Å²) in [5.74, 6) is -0.0518. The van der Waals surface area contributed by atoms with Gasteiger partial charge in [0.05, 0.1) is 6.07 Å². The number of carbonyl (C=O) groups excluding carboxylic acids is 1. The Morgan fingerprint density at radius 1 is 1.28 bits per heavy atom. The number of hydrogen-bond acceptors (Lipinski definition) is 2. The highest BCUT2D eigenvalue weighted by molar-refractivity contribution is 5.77. The molecule has 0 bridgehead atoms. The van der Waals surface area contributed by atoms with Crippen molar-refractivity contribution in [3.63, 3.8) is 0 Å². The predicted octanol–water partition coefficient (Wildman–Crippen LogP) is 2.82. The first-order valence-corrected chi connectivity index (χ1v) is 6.42. The Labute approximate surface area is 109 Å². The molecule has 0 aromatic heterocycles. The van der Waals surface area contributed by atoms with Gasteiger partial charge >= 0.3 is 0 Å². The standard InChI is InChI=1S/C15H20N2O/c1-3-15(4-2,12-16)17-14(18)11-10-13-8-6-5-7-9-13/h5-9H,3-4,10-11H2,1-2H3,(H,17,18). The number of carbonyl (C=O) groups is 1. The maximum atomic E-state index is 11.8. The maximum absolute atomic E-state index is 11.8. The Morgan fingerprint density at radius 2 is 1.89 bits per heavy atom. The second-order valence-electron chi connectivity index (χ2n) is 4.43. The molecule has 0 heterocycles. The van der Waals surface area contributed by atoms with Crippen LogP contribution in [0.15, 0.2) is 30.3 Å². The zero-order valence-corrected chi connectivity index (χ0v) is 11.1. The van der Waals surface area contributed by atoms with Crippen molar-refractivity contribution < 1.29 is 4.79 Å². The molecule has 0 saturated heterocycles. The van der Waals surface area contributed by atoms with Crippen LogP contribution in [0.5, 0.6) is 0 Å². The van der Waals surface area contributed by atoms with Gasteiger partial charge in [-0.2, -0.15) is 5.26 Å². The van der Waals surface area contributed by atoms with E-state index >= 15 is 0 Å². The van der Waals surface area contributed by atoms with E-state index in [0.29, 0.717) is 25.7 Å². The summed E-state index contributed by atoms with van der Waals surface area (Å²) < 4.78 is 0. The maximum Gasteiger partial charge on any atom is 0.221 e. The van der Waals surface area contributed by atoms with E-state index in [-0.39, 0.29) is 5.91 Å². The molecule has 0 atom stereocenters. The molecule has 1 aromatic rings. The summed E-state index contributed by atoms with van der Waals surface area (Å²) in [6, 6.07) is 12.1. The van der Waals surface area contributed by atoms with Crippen LogP contribution in [0.3, 0.4) is 0 Å². The summed E-state index contributed by atoms with van der Waals surface area (Å²) in [6.45, 7) is 3.84. The van der Waals surface area contributed by atoms with Gasteiger partial charge in [0.2, 0.25) is 5.91 Å². The fourth-order valence-corrected chi connectivity index (χ4v) is 1.84. The minimum atomic E-state index is -0.701. The topological polar surface area (TPSA) is 52.9 Å². The summed E-state index contributed by atoms with van der Waals surface area (Å²) in [5.41, 5.74) is 0.441. The lowest BCUT2D eigenvalue weighted by Gasteiger charge is -2.24. The lowest BCUT2D eigenvalue weighted by atomic mass is 9.94. The highest BCUT2D eigenvalue weighted by Crippen LogP contribution is 2.14. The van der Waals surface area contributed by atoms with Crippen LogP contribution in [0.25, 0.3) is 0 Å². The summed E-state index contributed by atoms with van der Waals surface area (Å²) in [6.07, 6.45) is 2.41. The van der Waals surface area contributed by atoms with Crippen molar-refractivity contribution in [2.45, 2.75) is 45.1 Å². The van der Waals surface area contributed by atoms with Gasteiger partial charge < -0.3 is 5.32 Å². The van der Waals surface area contributed by atoms with Crippen LogP contribution in [-0.2, 0) is 11.2 Å². The van der Waals surface area contributed by atoms with Gasteiger partial charge in [0.15, 0.2) is 0 Å². The van der Waals surface area contributed by atoms with E-state index in [9.17, 15) is 4.79 Å². The normalized spacial score (nSPS) is 10.7. The van der Waals surface area contributed by atoms with Crippen LogP contribution in [0.1, 0.15) is 38.7 Å². The number of rotatable bonds is 6. The highest BCUT2D eigenvalue weighted by Gasteiger charge is 2.27. The van der Waals surface area contributed by atoms with E-state index in [1.54, 1.807) is 0 Å². The molecular formula is C15H20N2O. The van der Waals surface area contributed by atoms with Crippen LogP contribution in [-0.4, -0.2) is 11.4 Å². The van der Waals surface area contributed by atoms with Crippen molar-refractivity contribution >= 4 is 5.91 Å². The van der Waals surface area contributed by atoms with Gasteiger partial charge in [-0.25, -0.2) is 0 Å².